The minimum atomic E-state index is -1.44. The van der Waals surface area contributed by atoms with Gasteiger partial charge < -0.3 is 9.84 Å². The highest BCUT2D eigenvalue weighted by Crippen LogP contribution is 2.35. The van der Waals surface area contributed by atoms with Crippen molar-refractivity contribution < 1.29 is 19.4 Å². The van der Waals surface area contributed by atoms with Crippen LogP contribution in [0.1, 0.15) is 57.6 Å². The number of carbonyl (C=O) groups excluding carboxylic acids is 1. The first-order chi connectivity index (χ1) is 17.3. The molecule has 0 bridgehead atoms. The van der Waals surface area contributed by atoms with Crippen LogP contribution in [0.4, 0.5) is 10.6 Å². The molecule has 1 fully saturated rings. The Balaban J connectivity index is 1.57. The Morgan fingerprint density at radius 1 is 1.00 bits per heavy atom. The zero-order valence-corrected chi connectivity index (χ0v) is 21.3. The predicted octanol–water partition coefficient (Wildman–Crippen LogP) is 6.28. The van der Waals surface area contributed by atoms with Crippen LogP contribution >= 0.6 is 0 Å². The fourth-order valence-electron chi connectivity index (χ4n) is 4.87. The maximum Gasteiger partial charge on any atom is 0.511 e. The molecule has 0 spiro atoms. The van der Waals surface area contributed by atoms with E-state index in [2.05, 4.69) is 24.2 Å². The number of hydrogen-bond acceptors (Lipinski definition) is 4. The molecule has 1 aromatic heterocycles. The highest BCUT2D eigenvalue weighted by Gasteiger charge is 2.34. The van der Waals surface area contributed by atoms with Crippen LogP contribution < -0.4 is 9.64 Å². The number of aryl methyl sites for hydroxylation is 2. The van der Waals surface area contributed by atoms with E-state index in [1.54, 1.807) is 9.58 Å². The van der Waals surface area contributed by atoms with E-state index in [0.717, 1.165) is 44.2 Å². The molecule has 190 valence electrons. The van der Waals surface area contributed by atoms with Crippen LogP contribution in [-0.4, -0.2) is 33.0 Å². The summed E-state index contributed by atoms with van der Waals surface area (Å²) in [5.74, 6) is 0.817. The van der Waals surface area contributed by atoms with Crippen molar-refractivity contribution in [2.24, 2.45) is 11.8 Å². The van der Waals surface area contributed by atoms with E-state index >= 15 is 0 Å². The molecule has 1 aliphatic rings. The molecule has 3 aromatic rings. The molecule has 0 aliphatic heterocycles. The smallest absolute Gasteiger partial charge is 0.449 e. The number of ether oxygens (including phenoxy) is 1. The zero-order chi connectivity index (χ0) is 25.7. The topological polar surface area (TPSA) is 84.7 Å². The molecule has 0 saturated heterocycles. The Labute approximate surface area is 212 Å². The maximum atomic E-state index is 13.5. The highest BCUT2D eigenvalue weighted by molar-refractivity contribution is 5.96. The lowest BCUT2D eigenvalue weighted by atomic mass is 9.82. The molecule has 0 atom stereocenters. The zero-order valence-electron chi connectivity index (χ0n) is 21.3. The van der Waals surface area contributed by atoms with Crippen LogP contribution in [0.3, 0.4) is 0 Å². The van der Waals surface area contributed by atoms with Crippen LogP contribution in [0.2, 0.25) is 0 Å². The second-order valence-corrected chi connectivity index (χ2v) is 10.0. The lowest BCUT2D eigenvalue weighted by Gasteiger charge is -2.32. The van der Waals surface area contributed by atoms with Gasteiger partial charge in [0.1, 0.15) is 0 Å². The van der Waals surface area contributed by atoms with E-state index in [-0.39, 0.29) is 29.4 Å². The van der Waals surface area contributed by atoms with Crippen LogP contribution in [0.5, 0.6) is 5.75 Å². The summed E-state index contributed by atoms with van der Waals surface area (Å²) in [7, 11) is 0. The number of amides is 1. The molecule has 0 unspecified atom stereocenters. The second-order valence-electron chi connectivity index (χ2n) is 10.0. The quantitative estimate of drug-likeness (QED) is 0.376. The van der Waals surface area contributed by atoms with Gasteiger partial charge in [0, 0.05) is 12.0 Å². The van der Waals surface area contributed by atoms with Gasteiger partial charge in [-0.15, -0.1) is 5.10 Å². The summed E-state index contributed by atoms with van der Waals surface area (Å²) in [6.45, 7) is 6.04. The molecule has 1 heterocycles. The van der Waals surface area contributed by atoms with Crippen molar-refractivity contribution in [2.45, 2.75) is 65.3 Å². The average molecular weight is 490 g/mol. The van der Waals surface area contributed by atoms with E-state index in [9.17, 15) is 14.7 Å². The van der Waals surface area contributed by atoms with Crippen molar-refractivity contribution in [2.75, 3.05) is 4.90 Å². The van der Waals surface area contributed by atoms with E-state index < -0.39 is 6.16 Å². The van der Waals surface area contributed by atoms with Gasteiger partial charge >= 0.3 is 6.16 Å². The van der Waals surface area contributed by atoms with Crippen LogP contribution in [0, 0.1) is 11.8 Å². The summed E-state index contributed by atoms with van der Waals surface area (Å²) in [5.41, 5.74) is 3.25. The van der Waals surface area contributed by atoms with Gasteiger partial charge in [-0.3, -0.25) is 9.69 Å². The van der Waals surface area contributed by atoms with Crippen molar-refractivity contribution in [3.63, 3.8) is 0 Å². The lowest BCUT2D eigenvalue weighted by Crippen LogP contribution is -2.42. The van der Waals surface area contributed by atoms with Crippen LogP contribution in [0.25, 0.3) is 5.69 Å². The third-order valence-corrected chi connectivity index (χ3v) is 6.95. The highest BCUT2D eigenvalue weighted by atomic mass is 16.7. The summed E-state index contributed by atoms with van der Waals surface area (Å²) >= 11 is 0. The summed E-state index contributed by atoms with van der Waals surface area (Å²) in [4.78, 5) is 26.6. The number of nitrogens with zero attached hydrogens (tertiary/aromatic N) is 3. The number of hydrogen-bond donors (Lipinski definition) is 1. The van der Waals surface area contributed by atoms with E-state index in [4.69, 9.17) is 4.74 Å². The van der Waals surface area contributed by atoms with Gasteiger partial charge in [0.25, 0.3) is 0 Å². The van der Waals surface area contributed by atoms with Gasteiger partial charge in [0.05, 0.1) is 11.9 Å². The third-order valence-electron chi connectivity index (χ3n) is 6.95. The molecule has 1 saturated carbocycles. The minimum Gasteiger partial charge on any atom is -0.449 e. The number of rotatable bonds is 8. The molecule has 1 amide bonds. The van der Waals surface area contributed by atoms with Crippen LogP contribution in [-0.2, 0) is 17.6 Å². The first-order valence-corrected chi connectivity index (χ1v) is 12.8. The molecule has 7 heteroatoms. The van der Waals surface area contributed by atoms with Crippen molar-refractivity contribution in [1.29, 1.82) is 0 Å². The van der Waals surface area contributed by atoms with E-state index in [1.807, 2.05) is 56.3 Å². The van der Waals surface area contributed by atoms with Gasteiger partial charge in [-0.2, -0.15) is 0 Å². The summed E-state index contributed by atoms with van der Waals surface area (Å²) in [5, 5.41) is 14.0. The molecule has 1 aliphatic carbocycles. The predicted molar refractivity (Wildman–Crippen MR) is 140 cm³/mol. The van der Waals surface area contributed by atoms with Gasteiger partial charge in [0.15, 0.2) is 5.75 Å². The maximum absolute atomic E-state index is 13.5. The number of carbonyl (C=O) groups is 2. The Morgan fingerprint density at radius 3 is 2.19 bits per heavy atom. The summed E-state index contributed by atoms with van der Waals surface area (Å²) in [6.07, 6.45) is 5.68. The Hall–Kier alpha value is -3.61. The van der Waals surface area contributed by atoms with Crippen LogP contribution in [0.15, 0.2) is 60.8 Å². The van der Waals surface area contributed by atoms with Crippen molar-refractivity contribution in [1.82, 2.24) is 9.78 Å². The first-order valence-electron chi connectivity index (χ1n) is 12.8. The largest absolute Gasteiger partial charge is 0.511 e. The first kappa shape index (κ1) is 25.5. The Bertz CT molecular complexity index is 1160. The molecular weight excluding hydrogens is 454 g/mol. The average Bonchev–Trinajstić information content (AvgIpc) is 3.26. The molecule has 7 nitrogen and oxygen atoms in total. The fourth-order valence-corrected chi connectivity index (χ4v) is 4.87. The molecule has 36 heavy (non-hydrogen) atoms. The van der Waals surface area contributed by atoms with Gasteiger partial charge in [-0.05, 0) is 81.5 Å². The molecular formula is C29H35N3O4. The summed E-state index contributed by atoms with van der Waals surface area (Å²) in [6, 6.07) is 18.2. The third kappa shape index (κ3) is 6.14. The number of anilines is 1. The molecule has 4 rings (SSSR count). The van der Waals surface area contributed by atoms with Gasteiger partial charge in [0.2, 0.25) is 11.7 Å². The fraction of sp³-hybridized carbons (Fsp3) is 0.414. The van der Waals surface area contributed by atoms with Crippen molar-refractivity contribution in [3.05, 3.63) is 71.9 Å². The normalized spacial score (nSPS) is 17.7. The van der Waals surface area contributed by atoms with Crippen molar-refractivity contribution in [3.8, 4) is 11.4 Å². The van der Waals surface area contributed by atoms with E-state index in [1.165, 1.54) is 17.3 Å². The van der Waals surface area contributed by atoms with E-state index in [0.29, 0.717) is 5.92 Å². The standard InChI is InChI=1S/C29H35N3O4/c1-20(2)32(28(33)24-15-9-21(3)10-16-24)27-26(36-29(34)35)19-31(30-27)25-17-13-23(14-18-25)12-11-22-7-5-4-6-8-22/h4-8,13-14,17-21,24H,9-12,15-16H2,1-3H3,(H,34,35). The summed E-state index contributed by atoms with van der Waals surface area (Å²) < 4.78 is 6.67. The molecule has 1 N–H and O–H groups in total. The minimum absolute atomic E-state index is 0.0198. The Kier molecular flexibility index (Phi) is 8.08. The van der Waals surface area contributed by atoms with Crippen molar-refractivity contribution >= 4 is 17.9 Å². The molecule has 2 aromatic carbocycles. The van der Waals surface area contributed by atoms with Gasteiger partial charge in [-0.25, -0.2) is 9.48 Å². The number of benzene rings is 2. The van der Waals surface area contributed by atoms with Gasteiger partial charge in [-0.1, -0.05) is 49.4 Å². The number of carboxylic acid groups (broad SMARTS) is 1. The second kappa shape index (κ2) is 11.4. The monoisotopic (exact) mass is 489 g/mol. The Morgan fingerprint density at radius 2 is 1.61 bits per heavy atom. The molecule has 0 radical (unpaired) electrons. The SMILES string of the molecule is CC1CCC(C(=O)N(c2nn(-c3ccc(CCc4ccccc4)cc3)cc2OC(=O)O)C(C)C)CC1. The lowest BCUT2D eigenvalue weighted by molar-refractivity contribution is -0.124. The number of aromatic nitrogens is 2.